The minimum Gasteiger partial charge on any atom is -0.481 e. The van der Waals surface area contributed by atoms with Gasteiger partial charge >= 0.3 is 47.2 Å². The molecular weight excluding hydrogens is 1100 g/mol. The number of H-pyrrole nitrogens is 1. The van der Waals surface area contributed by atoms with Crippen LogP contribution in [0.3, 0.4) is 0 Å². The molecule has 1 aromatic heterocycles. The summed E-state index contributed by atoms with van der Waals surface area (Å²) in [6.07, 6.45) is -4.37. The zero-order chi connectivity index (χ0) is 55.1. The van der Waals surface area contributed by atoms with Gasteiger partial charge < -0.3 is 65.6 Å². The molecule has 2 heterocycles. The number of benzene rings is 2. The van der Waals surface area contributed by atoms with Crippen LogP contribution in [-0.4, -0.2) is 136 Å². The van der Waals surface area contributed by atoms with Gasteiger partial charge in [0.2, 0.25) is 17.7 Å². The summed E-state index contributed by atoms with van der Waals surface area (Å²) in [7, 11) is -14.7. The van der Waals surface area contributed by atoms with Gasteiger partial charge in [-0.2, -0.15) is 8.62 Å². The van der Waals surface area contributed by atoms with Crippen molar-refractivity contribution in [3.8, 4) is 11.1 Å². The average Bonchev–Trinajstić information content (AvgIpc) is 3.85. The lowest BCUT2D eigenvalue weighted by atomic mass is 9.98. The van der Waals surface area contributed by atoms with Gasteiger partial charge in [-0.05, 0) is 35.1 Å². The Morgan fingerprint density at radius 2 is 1.47 bits per heavy atom. The Bertz CT molecular complexity index is 2790. The van der Waals surface area contributed by atoms with Gasteiger partial charge in [0.15, 0.2) is 0 Å². The van der Waals surface area contributed by atoms with Crippen molar-refractivity contribution in [2.24, 2.45) is 0 Å². The second-order valence-electron chi connectivity index (χ2n) is 16.5. The number of ether oxygens (including phenoxy) is 2. The molecule has 4 amide bonds. The molecule has 0 radical (unpaired) electrons. The molecule has 29 nitrogen and oxygen atoms in total. The van der Waals surface area contributed by atoms with Crippen molar-refractivity contribution < 1.29 is 100.0 Å². The van der Waals surface area contributed by atoms with E-state index in [1.807, 2.05) is 53.5 Å². The molecule has 12 N–H and O–H groups in total. The van der Waals surface area contributed by atoms with Crippen molar-refractivity contribution in [1.29, 1.82) is 0 Å². The molecule has 0 bridgehead atoms. The smallest absolute Gasteiger partial charge is 0.481 e. The van der Waals surface area contributed by atoms with Crippen molar-refractivity contribution in [3.05, 3.63) is 92.3 Å². The number of phosphoric acid groups is 3. The summed E-state index contributed by atoms with van der Waals surface area (Å²) in [5.74, 6) is -4.69. The van der Waals surface area contributed by atoms with Crippen molar-refractivity contribution >= 4 is 80.8 Å². The lowest BCUT2D eigenvalue weighted by Gasteiger charge is -2.19. The van der Waals surface area contributed by atoms with Crippen LogP contribution in [0.15, 0.2) is 64.3 Å². The second-order valence-corrected chi connectivity index (χ2v) is 23.5. The predicted molar refractivity (Wildman–Crippen MR) is 262 cm³/mol. The molecule has 0 saturated carbocycles. The standard InChI is InChI=1S/C41H53N6O23P3S2/c48-31-17-35(68-32(31)21-67-72(62,63)70-73(64,65)69-71(59,60)61)47-19-23(37(53)46-40(47)57)18-43-33(49)13-15-74-75-22-30(38(54)42-14-7-1-2-12-34(50)44-29(39(55)56)16-36(51)52)45-41(58)66-20-28-26-10-5-3-8-24(26)25-9-4-6-11-27(25)28/h3-6,8-11,19,28-32,35,48H,1-2,7,12-18,20-22H2,(H,42,54)(H,43,49)(H,44,50)(H,45,58)(H,51,52)(H,55,56)(H,62,63)(H,64,65)(H,46,53,57)(H2,59,60,61). The highest BCUT2D eigenvalue weighted by molar-refractivity contribution is 8.76. The van der Waals surface area contributed by atoms with E-state index in [2.05, 4.69) is 34.4 Å². The SMILES string of the molecule is O=C(O)CC(NC(=O)CCCCCNC(=O)C(CSSCCC(=O)NCc1cn(C2CC(O)C(COP(=O)(O)OP(=O)(O)OP(=O)(O)O)O2)c(=O)[nH]c1=O)NC(=O)OCC1c2ccccc2-c2ccccc21)C(=O)O. The van der Waals surface area contributed by atoms with Gasteiger partial charge in [-0.15, -0.1) is 0 Å². The Hall–Kier alpha value is -5.23. The number of aliphatic carboxylic acids is 2. The number of fused-ring (bicyclic) bond motifs is 3. The molecule has 3 aromatic rings. The number of carbonyl (C=O) groups is 6. The van der Waals surface area contributed by atoms with Crippen LogP contribution < -0.4 is 32.5 Å². The monoisotopic (exact) mass is 1150 g/mol. The number of aliphatic hydroxyl groups is 1. The molecule has 2 aliphatic rings. The summed E-state index contributed by atoms with van der Waals surface area (Å²) in [5.41, 5.74) is 1.94. The van der Waals surface area contributed by atoms with Gasteiger partial charge in [-0.25, -0.2) is 28.1 Å². The Morgan fingerprint density at radius 1 is 0.800 bits per heavy atom. The van der Waals surface area contributed by atoms with E-state index in [4.69, 9.17) is 29.5 Å². The van der Waals surface area contributed by atoms with Gasteiger partial charge in [-0.3, -0.25) is 38.0 Å². The number of aliphatic hydroxyl groups excluding tert-OH is 1. The fourth-order valence-corrected chi connectivity index (χ4v) is 12.7. The lowest BCUT2D eigenvalue weighted by molar-refractivity contribution is -0.147. The van der Waals surface area contributed by atoms with Crippen LogP contribution in [0.25, 0.3) is 11.1 Å². The third-order valence-corrected chi connectivity index (χ3v) is 17.1. The predicted octanol–water partition coefficient (Wildman–Crippen LogP) is 1.54. The number of phosphoric ester groups is 1. The van der Waals surface area contributed by atoms with Gasteiger partial charge in [0, 0.05) is 56.0 Å². The van der Waals surface area contributed by atoms with E-state index in [-0.39, 0.29) is 55.4 Å². The lowest BCUT2D eigenvalue weighted by Crippen LogP contribution is -2.48. The number of amides is 4. The van der Waals surface area contributed by atoms with E-state index in [9.17, 15) is 66.9 Å². The third kappa shape index (κ3) is 19.4. The summed E-state index contributed by atoms with van der Waals surface area (Å²) in [5, 5.41) is 38.6. The largest absolute Gasteiger partial charge is 0.490 e. The summed E-state index contributed by atoms with van der Waals surface area (Å²) in [4.78, 5) is 138. The molecule has 0 spiro atoms. The Morgan fingerprint density at radius 3 is 2.11 bits per heavy atom. The Labute approximate surface area is 432 Å². The van der Waals surface area contributed by atoms with Crippen LogP contribution in [0.5, 0.6) is 0 Å². The number of rotatable bonds is 30. The molecule has 5 rings (SSSR count). The Balaban J connectivity index is 1.09. The van der Waals surface area contributed by atoms with E-state index in [0.29, 0.717) is 19.3 Å². The highest BCUT2D eigenvalue weighted by Gasteiger charge is 2.43. The summed E-state index contributed by atoms with van der Waals surface area (Å²) >= 11 is 0. The molecule has 75 heavy (non-hydrogen) atoms. The summed E-state index contributed by atoms with van der Waals surface area (Å²) in [6.45, 7) is -1.31. The third-order valence-electron chi connectivity index (χ3n) is 10.9. The zero-order valence-electron chi connectivity index (χ0n) is 39.1. The van der Waals surface area contributed by atoms with Crippen molar-refractivity contribution in [2.75, 3.05) is 31.3 Å². The maximum absolute atomic E-state index is 13.4. The van der Waals surface area contributed by atoms with E-state index in [1.165, 1.54) is 10.8 Å². The van der Waals surface area contributed by atoms with Crippen molar-refractivity contribution in [2.45, 2.75) is 87.9 Å². The van der Waals surface area contributed by atoms with Gasteiger partial charge in [0.05, 0.1) is 24.7 Å². The van der Waals surface area contributed by atoms with E-state index < -0.39 is 121 Å². The molecular formula is C41H53N6O23P3S2. The van der Waals surface area contributed by atoms with Crippen molar-refractivity contribution in [1.82, 2.24) is 30.8 Å². The fraction of sp³-hybridized carbons (Fsp3) is 0.463. The molecule has 2 aromatic carbocycles. The van der Waals surface area contributed by atoms with Crippen LogP contribution in [-0.2, 0) is 66.8 Å². The van der Waals surface area contributed by atoms with Crippen molar-refractivity contribution in [3.63, 3.8) is 0 Å². The minimum absolute atomic E-state index is 0.0115. The molecule has 1 aliphatic heterocycles. The number of nitrogens with zero attached hydrogens (tertiary/aromatic N) is 1. The van der Waals surface area contributed by atoms with E-state index in [1.54, 1.807) is 0 Å². The maximum Gasteiger partial charge on any atom is 0.490 e. The number of nitrogens with one attached hydrogen (secondary N) is 5. The van der Waals surface area contributed by atoms with E-state index >= 15 is 0 Å². The average molecular weight is 1150 g/mol. The fourth-order valence-electron chi connectivity index (χ4n) is 7.49. The normalized spacial score (nSPS) is 18.5. The zero-order valence-corrected chi connectivity index (χ0v) is 43.4. The van der Waals surface area contributed by atoms with Crippen LogP contribution >= 0.6 is 45.1 Å². The molecule has 1 aliphatic carbocycles. The van der Waals surface area contributed by atoms with Crippen LogP contribution in [0.1, 0.15) is 73.8 Å². The number of unbranched alkanes of at least 4 members (excludes halogenated alkanes) is 2. The first kappa shape index (κ1) is 60.6. The molecule has 1 fully saturated rings. The maximum atomic E-state index is 13.4. The first-order valence-corrected chi connectivity index (χ1v) is 29.4. The number of carbonyl (C=O) groups excluding carboxylic acids is 4. The van der Waals surface area contributed by atoms with Crippen LogP contribution in [0.4, 0.5) is 4.79 Å². The van der Waals surface area contributed by atoms with E-state index in [0.717, 1.165) is 43.8 Å². The first-order valence-electron chi connectivity index (χ1n) is 22.4. The number of aromatic nitrogens is 2. The number of alkyl carbamates (subject to hydrolysis) is 1. The molecule has 7 unspecified atom stereocenters. The van der Waals surface area contributed by atoms with Crippen LogP contribution in [0.2, 0.25) is 0 Å². The van der Waals surface area contributed by atoms with Gasteiger partial charge in [0.25, 0.3) is 5.56 Å². The van der Waals surface area contributed by atoms with Gasteiger partial charge in [-0.1, -0.05) is 76.5 Å². The van der Waals surface area contributed by atoms with Gasteiger partial charge in [0.1, 0.15) is 31.0 Å². The Kier molecular flexibility index (Phi) is 22.4. The first-order chi connectivity index (χ1) is 35.3. The summed E-state index contributed by atoms with van der Waals surface area (Å²) < 4.78 is 58.4. The molecule has 1 saturated heterocycles. The molecule has 412 valence electrons. The molecule has 7 atom stereocenters. The number of carboxylic acid groups (broad SMARTS) is 2. The number of aromatic amines is 1. The minimum atomic E-state index is -5.83. The summed E-state index contributed by atoms with van der Waals surface area (Å²) in [6, 6.07) is 12.8. The topological polar surface area (TPSA) is 444 Å². The van der Waals surface area contributed by atoms with Crippen LogP contribution in [0, 0.1) is 0 Å². The quantitative estimate of drug-likeness (QED) is 0.0256. The number of carboxylic acids is 2. The number of hydrogen-bond donors (Lipinski definition) is 12. The highest BCUT2D eigenvalue weighted by Crippen LogP contribution is 2.66. The molecule has 34 heteroatoms. The highest BCUT2D eigenvalue weighted by atomic mass is 33.1. The number of hydrogen-bond acceptors (Lipinski definition) is 19. The second kappa shape index (κ2) is 27.7.